The number of aromatic nitrogens is 2. The summed E-state index contributed by atoms with van der Waals surface area (Å²) < 4.78 is 0. The predicted molar refractivity (Wildman–Crippen MR) is 38.6 cm³/mol. The molecular formula is C5H3ClN2O4. The van der Waals surface area contributed by atoms with Crippen LogP contribution in [0.2, 0.25) is 0 Å². The Morgan fingerprint density at radius 3 is 2.08 bits per heavy atom. The highest BCUT2D eigenvalue weighted by atomic mass is 35.5. The largest absolute Gasteiger partial charge is 0.477 e. The van der Waals surface area contributed by atoms with Gasteiger partial charge in [-0.2, -0.15) is 0 Å². The maximum Gasteiger partial charge on any atom is 0.354 e. The van der Waals surface area contributed by atoms with Gasteiger partial charge in [0.1, 0.15) is 5.69 Å². The number of carbonyl (C=O) groups is 2. The monoisotopic (exact) mass is 190 g/mol. The fraction of sp³-hybridized carbons (Fsp3) is 0. The number of H-pyrrole nitrogens is 2. The van der Waals surface area contributed by atoms with Gasteiger partial charge in [0.25, 0.3) is 5.24 Å². The lowest BCUT2D eigenvalue weighted by atomic mass is 10.3. The highest BCUT2D eigenvalue weighted by Gasteiger charge is 2.18. The molecule has 0 bridgehead atoms. The number of carboxylic acids is 1. The normalized spacial score (nSPS) is 9.75. The van der Waals surface area contributed by atoms with Crippen LogP contribution in [-0.4, -0.2) is 26.3 Å². The van der Waals surface area contributed by atoms with Crippen LogP contribution in [0, 0.1) is 0 Å². The molecule has 3 N–H and O–H groups in total. The Hall–Kier alpha value is -1.56. The molecule has 64 valence electrons. The first kappa shape index (κ1) is 8.54. The predicted octanol–water partition coefficient (Wildman–Crippen LogP) is -0.220. The Balaban J connectivity index is 3.36. The fourth-order valence-electron chi connectivity index (χ4n) is 0.691. The Morgan fingerprint density at radius 1 is 1.25 bits per heavy atom. The molecule has 1 aromatic rings. The molecule has 0 atom stereocenters. The van der Waals surface area contributed by atoms with E-state index in [1.54, 1.807) is 0 Å². The summed E-state index contributed by atoms with van der Waals surface area (Å²) in [7, 11) is 0. The van der Waals surface area contributed by atoms with Crippen LogP contribution in [0.15, 0.2) is 4.79 Å². The van der Waals surface area contributed by atoms with Gasteiger partial charge in [-0.05, 0) is 11.6 Å². The van der Waals surface area contributed by atoms with Crippen molar-refractivity contribution in [1.82, 2.24) is 9.97 Å². The molecule has 0 fully saturated rings. The summed E-state index contributed by atoms with van der Waals surface area (Å²) in [6.45, 7) is 0. The summed E-state index contributed by atoms with van der Waals surface area (Å²) >= 11 is 4.97. The Kier molecular flexibility index (Phi) is 2.01. The lowest BCUT2D eigenvalue weighted by Gasteiger charge is -1.88. The molecule has 0 aliphatic heterocycles. The van der Waals surface area contributed by atoms with Crippen LogP contribution >= 0.6 is 11.6 Å². The van der Waals surface area contributed by atoms with Gasteiger partial charge < -0.3 is 10.1 Å². The highest BCUT2D eigenvalue weighted by Crippen LogP contribution is 2.03. The van der Waals surface area contributed by atoms with E-state index >= 15 is 0 Å². The van der Waals surface area contributed by atoms with Gasteiger partial charge >= 0.3 is 11.7 Å². The van der Waals surface area contributed by atoms with Gasteiger partial charge in [-0.1, -0.05) is 0 Å². The molecule has 1 aromatic heterocycles. The Morgan fingerprint density at radius 2 is 1.75 bits per heavy atom. The standard InChI is InChI=1S/C5H3ClN2O4/c6-3(9)1-2(4(10)11)8-5(12)7-1/h(H,10,11)(H2,7,8,12). The zero-order valence-corrected chi connectivity index (χ0v) is 6.31. The summed E-state index contributed by atoms with van der Waals surface area (Å²) in [5, 5.41) is 7.40. The zero-order chi connectivity index (χ0) is 9.30. The minimum absolute atomic E-state index is 0.436. The zero-order valence-electron chi connectivity index (χ0n) is 5.55. The van der Waals surface area contributed by atoms with Crippen LogP contribution in [-0.2, 0) is 0 Å². The molecule has 0 aliphatic carbocycles. The van der Waals surface area contributed by atoms with E-state index in [1.165, 1.54) is 0 Å². The number of nitrogens with one attached hydrogen (secondary N) is 2. The average molecular weight is 191 g/mol. The molecule has 12 heavy (non-hydrogen) atoms. The second-order valence-corrected chi connectivity index (χ2v) is 2.25. The average Bonchev–Trinajstić information content (AvgIpc) is 2.31. The summed E-state index contributed by atoms with van der Waals surface area (Å²) in [6, 6.07) is 0. The van der Waals surface area contributed by atoms with Crippen molar-refractivity contribution in [3.63, 3.8) is 0 Å². The van der Waals surface area contributed by atoms with E-state index in [1.807, 2.05) is 9.97 Å². The highest BCUT2D eigenvalue weighted by molar-refractivity contribution is 6.67. The minimum atomic E-state index is -1.42. The molecule has 0 amide bonds. The van der Waals surface area contributed by atoms with Crippen molar-refractivity contribution in [3.05, 3.63) is 21.9 Å². The molecule has 0 spiro atoms. The molecule has 0 unspecified atom stereocenters. The van der Waals surface area contributed by atoms with Gasteiger partial charge in [-0.15, -0.1) is 0 Å². The van der Waals surface area contributed by atoms with Crippen LogP contribution in [0.4, 0.5) is 0 Å². The maximum absolute atomic E-state index is 10.5. The molecule has 6 nitrogen and oxygen atoms in total. The number of hydrogen-bond acceptors (Lipinski definition) is 3. The molecule has 0 aliphatic rings. The summed E-state index contributed by atoms with van der Waals surface area (Å²) in [4.78, 5) is 35.2. The molecule has 0 aromatic carbocycles. The molecule has 0 saturated heterocycles. The van der Waals surface area contributed by atoms with Crippen molar-refractivity contribution >= 4 is 22.8 Å². The van der Waals surface area contributed by atoms with Crippen LogP contribution in [0.1, 0.15) is 21.0 Å². The molecule has 0 radical (unpaired) electrons. The van der Waals surface area contributed by atoms with Gasteiger partial charge in [0, 0.05) is 0 Å². The second kappa shape index (κ2) is 2.82. The van der Waals surface area contributed by atoms with E-state index in [9.17, 15) is 14.4 Å². The molecular weight excluding hydrogens is 188 g/mol. The number of halogens is 1. The van der Waals surface area contributed by atoms with E-state index in [2.05, 4.69) is 0 Å². The third kappa shape index (κ3) is 1.37. The Labute approximate surface area is 70.2 Å². The number of rotatable bonds is 2. The SMILES string of the molecule is O=C(O)c1[nH]c(=O)[nH]c1C(=O)Cl. The number of carbonyl (C=O) groups excluding carboxylic acids is 1. The molecule has 7 heteroatoms. The van der Waals surface area contributed by atoms with Gasteiger partial charge in [0.15, 0.2) is 5.69 Å². The van der Waals surface area contributed by atoms with E-state index in [0.29, 0.717) is 0 Å². The van der Waals surface area contributed by atoms with Crippen molar-refractivity contribution in [2.75, 3.05) is 0 Å². The summed E-state index contributed by atoms with van der Waals surface area (Å²) in [5.74, 6) is -1.42. The topological polar surface area (TPSA) is 103 Å². The van der Waals surface area contributed by atoms with Gasteiger partial charge in [0.05, 0.1) is 0 Å². The van der Waals surface area contributed by atoms with Crippen LogP contribution < -0.4 is 5.69 Å². The number of imidazole rings is 1. The van der Waals surface area contributed by atoms with Crippen LogP contribution in [0.5, 0.6) is 0 Å². The van der Waals surface area contributed by atoms with E-state index in [4.69, 9.17) is 16.7 Å². The second-order valence-electron chi connectivity index (χ2n) is 1.91. The first-order valence-corrected chi connectivity index (χ1v) is 3.15. The van der Waals surface area contributed by atoms with Gasteiger partial charge in [-0.25, -0.2) is 9.59 Å². The molecule has 1 heterocycles. The fourth-order valence-corrected chi connectivity index (χ4v) is 0.833. The van der Waals surface area contributed by atoms with E-state index in [-0.39, 0.29) is 0 Å². The maximum atomic E-state index is 10.5. The van der Waals surface area contributed by atoms with Crippen molar-refractivity contribution in [3.8, 4) is 0 Å². The quantitative estimate of drug-likeness (QED) is 0.561. The number of aromatic carboxylic acids is 1. The van der Waals surface area contributed by atoms with E-state index in [0.717, 1.165) is 0 Å². The molecule has 0 saturated carbocycles. The van der Waals surface area contributed by atoms with Crippen molar-refractivity contribution in [2.24, 2.45) is 0 Å². The van der Waals surface area contributed by atoms with Gasteiger partial charge in [0.2, 0.25) is 0 Å². The van der Waals surface area contributed by atoms with Crippen molar-refractivity contribution in [1.29, 1.82) is 0 Å². The summed E-state index contributed by atoms with van der Waals surface area (Å²) in [6.07, 6.45) is 0. The number of carboxylic acid groups (broad SMARTS) is 1. The van der Waals surface area contributed by atoms with Crippen molar-refractivity contribution < 1.29 is 14.7 Å². The number of hydrogen-bond donors (Lipinski definition) is 3. The first-order chi connectivity index (χ1) is 5.52. The van der Waals surface area contributed by atoms with E-state index < -0.39 is 28.3 Å². The smallest absolute Gasteiger partial charge is 0.354 e. The van der Waals surface area contributed by atoms with Crippen molar-refractivity contribution in [2.45, 2.75) is 0 Å². The van der Waals surface area contributed by atoms with Crippen LogP contribution in [0.3, 0.4) is 0 Å². The number of aromatic amines is 2. The third-order valence-corrected chi connectivity index (χ3v) is 1.33. The third-order valence-electron chi connectivity index (χ3n) is 1.14. The molecule has 1 rings (SSSR count). The Bertz CT molecular complexity index is 356. The minimum Gasteiger partial charge on any atom is -0.477 e. The lowest BCUT2D eigenvalue weighted by Crippen LogP contribution is -2.04. The van der Waals surface area contributed by atoms with Crippen LogP contribution in [0.25, 0.3) is 0 Å². The summed E-state index contributed by atoms with van der Waals surface area (Å²) in [5.41, 5.74) is -1.74. The lowest BCUT2D eigenvalue weighted by molar-refractivity contribution is 0.0687. The van der Waals surface area contributed by atoms with Gasteiger partial charge in [-0.3, -0.25) is 9.78 Å². The first-order valence-electron chi connectivity index (χ1n) is 2.77.